The van der Waals surface area contributed by atoms with Crippen molar-refractivity contribution in [3.63, 3.8) is 0 Å². The van der Waals surface area contributed by atoms with Crippen molar-refractivity contribution in [1.82, 2.24) is 15.0 Å². The highest BCUT2D eigenvalue weighted by molar-refractivity contribution is 4.93. The molecule has 0 saturated carbocycles. The zero-order valence-electron chi connectivity index (χ0n) is 8.55. The maximum Gasteiger partial charge on any atom is 0.132 e. The highest BCUT2D eigenvalue weighted by Crippen LogP contribution is 1.93. The second-order valence-electron chi connectivity index (χ2n) is 2.20. The van der Waals surface area contributed by atoms with E-state index in [2.05, 4.69) is 15.0 Å². The van der Waals surface area contributed by atoms with Gasteiger partial charge in [-0.05, 0) is 13.8 Å². The van der Waals surface area contributed by atoms with E-state index in [9.17, 15) is 0 Å². The summed E-state index contributed by atoms with van der Waals surface area (Å²) >= 11 is 0. The fraction of sp³-hybridized carbons (Fsp3) is 0.667. The van der Waals surface area contributed by atoms with Gasteiger partial charge in [0.05, 0.1) is 0 Å². The number of hydrogen-bond donors (Lipinski definition) is 0. The summed E-state index contributed by atoms with van der Waals surface area (Å²) in [6, 6.07) is 0. The van der Waals surface area contributed by atoms with Crippen LogP contribution in [0.5, 0.6) is 0 Å². The molecule has 3 nitrogen and oxygen atoms in total. The van der Waals surface area contributed by atoms with Gasteiger partial charge in [-0.1, -0.05) is 20.8 Å². The van der Waals surface area contributed by atoms with E-state index in [1.54, 1.807) is 0 Å². The molecule has 0 bridgehead atoms. The van der Waals surface area contributed by atoms with Crippen LogP contribution in [-0.4, -0.2) is 15.0 Å². The third-order valence-electron chi connectivity index (χ3n) is 1.22. The van der Waals surface area contributed by atoms with Crippen LogP contribution >= 0.6 is 0 Å². The first kappa shape index (κ1) is 11.0. The van der Waals surface area contributed by atoms with Gasteiger partial charge < -0.3 is 0 Å². The Morgan fingerprint density at radius 3 is 1.67 bits per heavy atom. The van der Waals surface area contributed by atoms with E-state index in [0.717, 1.165) is 23.9 Å². The zero-order valence-corrected chi connectivity index (χ0v) is 8.55. The third kappa shape index (κ3) is 3.42. The molecule has 1 aromatic heterocycles. The average molecular weight is 167 g/mol. The summed E-state index contributed by atoms with van der Waals surface area (Å²) in [6.07, 6.45) is 0.879. The van der Waals surface area contributed by atoms with Gasteiger partial charge in [-0.3, -0.25) is 0 Å². The Kier molecular flexibility index (Phi) is 5.17. The van der Waals surface area contributed by atoms with Crippen molar-refractivity contribution in [3.05, 3.63) is 17.5 Å². The van der Waals surface area contributed by atoms with Gasteiger partial charge in [-0.15, -0.1) is 0 Å². The number of aryl methyl sites for hydroxylation is 3. The molecule has 1 aromatic rings. The molecule has 0 aliphatic heterocycles. The van der Waals surface area contributed by atoms with Crippen molar-refractivity contribution in [2.75, 3.05) is 0 Å². The Morgan fingerprint density at radius 2 is 1.33 bits per heavy atom. The second kappa shape index (κ2) is 5.63. The van der Waals surface area contributed by atoms with Crippen molar-refractivity contribution in [1.29, 1.82) is 0 Å². The van der Waals surface area contributed by atoms with Crippen LogP contribution in [0.2, 0.25) is 0 Å². The van der Waals surface area contributed by atoms with Gasteiger partial charge in [-0.25, -0.2) is 15.0 Å². The van der Waals surface area contributed by atoms with Gasteiger partial charge in [-0.2, -0.15) is 0 Å². The molecular weight excluding hydrogens is 150 g/mol. The normalized spacial score (nSPS) is 8.75. The average Bonchev–Trinajstić information content (AvgIpc) is 2.06. The van der Waals surface area contributed by atoms with Crippen LogP contribution in [0, 0.1) is 13.8 Å². The van der Waals surface area contributed by atoms with Gasteiger partial charge in [0.2, 0.25) is 0 Å². The minimum Gasteiger partial charge on any atom is -0.219 e. The minimum atomic E-state index is 0.810. The molecule has 0 atom stereocenters. The molecule has 0 N–H and O–H groups in total. The number of nitrogens with zero attached hydrogens (tertiary/aromatic N) is 3. The summed E-state index contributed by atoms with van der Waals surface area (Å²) < 4.78 is 0. The maximum absolute atomic E-state index is 4.13. The van der Waals surface area contributed by atoms with Gasteiger partial charge in [0.15, 0.2) is 0 Å². The molecule has 3 heteroatoms. The smallest absolute Gasteiger partial charge is 0.132 e. The molecule has 0 aromatic carbocycles. The Balaban J connectivity index is 0.000000561. The monoisotopic (exact) mass is 167 g/mol. The minimum absolute atomic E-state index is 0.810. The second-order valence-corrected chi connectivity index (χ2v) is 2.20. The molecule has 0 amide bonds. The Labute approximate surface area is 74.3 Å². The van der Waals surface area contributed by atoms with Crippen LogP contribution in [0.1, 0.15) is 38.2 Å². The van der Waals surface area contributed by atoms with E-state index in [-0.39, 0.29) is 0 Å². The lowest BCUT2D eigenvalue weighted by atomic mass is 10.4. The summed E-state index contributed by atoms with van der Waals surface area (Å²) in [4.78, 5) is 12.3. The SMILES string of the molecule is CC.CCc1nc(C)nc(C)n1. The summed E-state index contributed by atoms with van der Waals surface area (Å²) in [6.45, 7) is 9.80. The van der Waals surface area contributed by atoms with Gasteiger partial charge >= 0.3 is 0 Å². The van der Waals surface area contributed by atoms with Crippen molar-refractivity contribution >= 4 is 0 Å². The van der Waals surface area contributed by atoms with Gasteiger partial charge in [0, 0.05) is 6.42 Å². The number of aromatic nitrogens is 3. The largest absolute Gasteiger partial charge is 0.219 e. The lowest BCUT2D eigenvalue weighted by molar-refractivity contribution is 0.830. The van der Waals surface area contributed by atoms with E-state index in [0.29, 0.717) is 0 Å². The highest BCUT2D eigenvalue weighted by Gasteiger charge is 1.95. The van der Waals surface area contributed by atoms with Crippen molar-refractivity contribution in [2.45, 2.75) is 41.0 Å². The zero-order chi connectivity index (χ0) is 9.56. The van der Waals surface area contributed by atoms with Crippen molar-refractivity contribution in [2.24, 2.45) is 0 Å². The van der Waals surface area contributed by atoms with Gasteiger partial charge in [0.25, 0.3) is 0 Å². The van der Waals surface area contributed by atoms with Gasteiger partial charge in [0.1, 0.15) is 17.5 Å². The first-order chi connectivity index (χ1) is 5.72. The molecule has 68 valence electrons. The molecule has 0 radical (unpaired) electrons. The summed E-state index contributed by atoms with van der Waals surface area (Å²) in [5.74, 6) is 2.50. The fourth-order valence-electron chi connectivity index (χ4n) is 0.841. The predicted molar refractivity (Wildman–Crippen MR) is 50.0 cm³/mol. The van der Waals surface area contributed by atoms with Crippen LogP contribution in [-0.2, 0) is 6.42 Å². The molecular formula is C9H17N3. The topological polar surface area (TPSA) is 38.7 Å². The molecule has 0 aliphatic rings. The van der Waals surface area contributed by atoms with Crippen LogP contribution in [0.4, 0.5) is 0 Å². The van der Waals surface area contributed by atoms with Crippen molar-refractivity contribution in [3.8, 4) is 0 Å². The highest BCUT2D eigenvalue weighted by atomic mass is 15.0. The lowest BCUT2D eigenvalue weighted by Gasteiger charge is -1.97. The Bertz CT molecular complexity index is 213. The van der Waals surface area contributed by atoms with Crippen molar-refractivity contribution < 1.29 is 0 Å². The van der Waals surface area contributed by atoms with E-state index in [1.165, 1.54) is 0 Å². The molecule has 1 heterocycles. The number of hydrogen-bond acceptors (Lipinski definition) is 3. The van der Waals surface area contributed by atoms with E-state index in [1.807, 2.05) is 34.6 Å². The predicted octanol–water partition coefficient (Wildman–Crippen LogP) is 2.08. The summed E-state index contributed by atoms with van der Waals surface area (Å²) in [5.41, 5.74) is 0. The molecule has 0 saturated heterocycles. The van der Waals surface area contributed by atoms with Crippen LogP contribution in [0.3, 0.4) is 0 Å². The summed E-state index contributed by atoms with van der Waals surface area (Å²) in [7, 11) is 0. The van der Waals surface area contributed by atoms with Crippen LogP contribution in [0.25, 0.3) is 0 Å². The van der Waals surface area contributed by atoms with E-state index in [4.69, 9.17) is 0 Å². The molecule has 0 spiro atoms. The summed E-state index contributed by atoms with van der Waals surface area (Å²) in [5, 5.41) is 0. The quantitative estimate of drug-likeness (QED) is 0.642. The molecule has 0 unspecified atom stereocenters. The van der Waals surface area contributed by atoms with Crippen LogP contribution < -0.4 is 0 Å². The Morgan fingerprint density at radius 1 is 0.917 bits per heavy atom. The molecule has 12 heavy (non-hydrogen) atoms. The molecule has 0 fully saturated rings. The van der Waals surface area contributed by atoms with E-state index < -0.39 is 0 Å². The molecule has 1 rings (SSSR count). The third-order valence-corrected chi connectivity index (χ3v) is 1.22. The van der Waals surface area contributed by atoms with Crippen LogP contribution in [0.15, 0.2) is 0 Å². The standard InChI is InChI=1S/C7H11N3.C2H6/c1-4-7-9-5(2)8-6(3)10-7;1-2/h4H2,1-3H3;1-2H3. The first-order valence-electron chi connectivity index (χ1n) is 4.40. The lowest BCUT2D eigenvalue weighted by Crippen LogP contribution is -2.00. The number of rotatable bonds is 1. The fourth-order valence-corrected chi connectivity index (χ4v) is 0.841. The first-order valence-corrected chi connectivity index (χ1v) is 4.40. The molecule has 0 aliphatic carbocycles. The van der Waals surface area contributed by atoms with E-state index >= 15 is 0 Å². The maximum atomic E-state index is 4.13. The Hall–Kier alpha value is -0.990.